The Kier molecular flexibility index (Phi) is 6.36. The maximum absolute atomic E-state index is 14.0. The van der Waals surface area contributed by atoms with E-state index in [0.717, 1.165) is 42.5 Å². The molecule has 0 atom stereocenters. The molecule has 0 saturated heterocycles. The highest BCUT2D eigenvalue weighted by molar-refractivity contribution is 5.98. The molecule has 0 aliphatic heterocycles. The standard InChI is InChI=1S/C24H11F4NO4/c1-3-12-5-17(25)21(18(26)6-12)32-23(30)14-9-15(11-16(29)10-14)24(31)33-22-19(27)7-13(4-2)8-20(22)28/h1-2,5-11H,29H2. The molecule has 0 unspecified atom stereocenters. The summed E-state index contributed by atoms with van der Waals surface area (Å²) in [6.07, 6.45) is 10.2. The Morgan fingerprint density at radius 2 is 1.00 bits per heavy atom. The summed E-state index contributed by atoms with van der Waals surface area (Å²) < 4.78 is 65.6. The van der Waals surface area contributed by atoms with Gasteiger partial charge in [0.1, 0.15) is 0 Å². The molecule has 33 heavy (non-hydrogen) atoms. The van der Waals surface area contributed by atoms with Crippen LogP contribution in [0.4, 0.5) is 23.2 Å². The lowest BCUT2D eigenvalue weighted by Gasteiger charge is -2.10. The van der Waals surface area contributed by atoms with Gasteiger partial charge in [0.25, 0.3) is 0 Å². The summed E-state index contributed by atoms with van der Waals surface area (Å²) in [7, 11) is 0. The van der Waals surface area contributed by atoms with Crippen molar-refractivity contribution >= 4 is 17.6 Å². The maximum Gasteiger partial charge on any atom is 0.343 e. The normalized spacial score (nSPS) is 10.1. The van der Waals surface area contributed by atoms with Crippen LogP contribution < -0.4 is 15.2 Å². The summed E-state index contributed by atoms with van der Waals surface area (Å²) in [6, 6.07) is 6.12. The fraction of sp³-hybridized carbons (Fsp3) is 0. The van der Waals surface area contributed by atoms with Crippen LogP contribution in [-0.4, -0.2) is 11.9 Å². The van der Waals surface area contributed by atoms with Gasteiger partial charge >= 0.3 is 11.9 Å². The molecule has 0 aromatic heterocycles. The van der Waals surface area contributed by atoms with Gasteiger partial charge in [0.2, 0.25) is 11.5 Å². The Morgan fingerprint density at radius 1 is 0.667 bits per heavy atom. The Labute approximate surface area is 184 Å². The summed E-state index contributed by atoms with van der Waals surface area (Å²) in [6.45, 7) is 0. The van der Waals surface area contributed by atoms with E-state index in [0.29, 0.717) is 0 Å². The van der Waals surface area contributed by atoms with Crippen molar-refractivity contribution in [3.63, 3.8) is 0 Å². The minimum Gasteiger partial charge on any atom is -0.417 e. The molecule has 0 aliphatic rings. The number of esters is 2. The number of nitrogens with two attached hydrogens (primary N) is 1. The zero-order valence-electron chi connectivity index (χ0n) is 16.4. The minimum atomic E-state index is -1.28. The molecule has 0 aliphatic carbocycles. The number of nitrogen functional groups attached to an aromatic ring is 1. The van der Waals surface area contributed by atoms with Crippen molar-refractivity contribution in [1.29, 1.82) is 0 Å². The van der Waals surface area contributed by atoms with Crippen LogP contribution in [-0.2, 0) is 0 Å². The third-order valence-electron chi connectivity index (χ3n) is 4.15. The molecule has 5 nitrogen and oxygen atoms in total. The highest BCUT2D eigenvalue weighted by Gasteiger charge is 2.22. The number of anilines is 1. The van der Waals surface area contributed by atoms with Crippen LogP contribution >= 0.6 is 0 Å². The van der Waals surface area contributed by atoms with Crippen molar-refractivity contribution in [2.75, 3.05) is 5.73 Å². The van der Waals surface area contributed by atoms with Crippen LogP contribution in [0.5, 0.6) is 11.5 Å². The molecule has 0 fully saturated rings. The number of hydrogen-bond acceptors (Lipinski definition) is 5. The van der Waals surface area contributed by atoms with Gasteiger partial charge in [-0.3, -0.25) is 0 Å². The van der Waals surface area contributed by atoms with Gasteiger partial charge in [-0.25, -0.2) is 27.2 Å². The molecule has 9 heteroatoms. The molecule has 0 radical (unpaired) electrons. The predicted molar refractivity (Wildman–Crippen MR) is 109 cm³/mol. The quantitative estimate of drug-likeness (QED) is 0.210. The third kappa shape index (κ3) is 4.94. The van der Waals surface area contributed by atoms with Gasteiger partial charge in [-0.1, -0.05) is 11.8 Å². The molecule has 2 N–H and O–H groups in total. The van der Waals surface area contributed by atoms with Gasteiger partial charge in [0.15, 0.2) is 23.3 Å². The maximum atomic E-state index is 14.0. The van der Waals surface area contributed by atoms with Crippen LogP contribution in [0, 0.1) is 48.0 Å². The molecule has 0 bridgehead atoms. The van der Waals surface area contributed by atoms with Gasteiger partial charge in [-0.2, -0.15) is 0 Å². The first kappa shape index (κ1) is 22.9. The second-order valence-electron chi connectivity index (χ2n) is 6.45. The minimum absolute atomic E-state index is 0.117. The number of benzene rings is 3. The van der Waals surface area contributed by atoms with E-state index in [4.69, 9.17) is 28.1 Å². The first-order chi connectivity index (χ1) is 15.6. The van der Waals surface area contributed by atoms with Crippen molar-refractivity contribution in [3.05, 3.63) is 88.0 Å². The van der Waals surface area contributed by atoms with E-state index < -0.39 is 57.8 Å². The summed E-state index contributed by atoms with van der Waals surface area (Å²) in [4.78, 5) is 24.8. The van der Waals surface area contributed by atoms with Crippen LogP contribution in [0.25, 0.3) is 0 Å². The number of carbonyl (C=O) groups excluding carboxylic acids is 2. The molecule has 3 aromatic carbocycles. The van der Waals surface area contributed by atoms with E-state index in [2.05, 4.69) is 0 Å². The van der Waals surface area contributed by atoms with Gasteiger partial charge in [0.05, 0.1) is 11.1 Å². The number of carbonyl (C=O) groups is 2. The zero-order chi connectivity index (χ0) is 24.3. The Hall–Kier alpha value is -4.76. The molecule has 0 amide bonds. The fourth-order valence-corrected chi connectivity index (χ4v) is 2.67. The Balaban J connectivity index is 1.89. The van der Waals surface area contributed by atoms with Gasteiger partial charge < -0.3 is 15.2 Å². The van der Waals surface area contributed by atoms with Crippen molar-refractivity contribution in [2.24, 2.45) is 0 Å². The molecule has 164 valence electrons. The number of ether oxygens (including phenoxy) is 2. The average molecular weight is 453 g/mol. The van der Waals surface area contributed by atoms with Gasteiger partial charge in [-0.15, -0.1) is 12.8 Å². The third-order valence-corrected chi connectivity index (χ3v) is 4.15. The van der Waals surface area contributed by atoms with Gasteiger partial charge in [-0.05, 0) is 42.5 Å². The molecule has 0 saturated carbocycles. The molecular formula is C24H11F4NO4. The SMILES string of the molecule is C#Cc1cc(F)c(OC(=O)c2cc(N)cc(C(=O)Oc3c(F)cc(C#C)cc3F)c2)c(F)c1. The number of halogens is 4. The average Bonchev–Trinajstić information content (AvgIpc) is 2.77. The topological polar surface area (TPSA) is 78.6 Å². The second-order valence-corrected chi connectivity index (χ2v) is 6.45. The lowest BCUT2D eigenvalue weighted by Crippen LogP contribution is -2.15. The predicted octanol–water partition coefficient (Wildman–Crippen LogP) is 4.23. The lowest BCUT2D eigenvalue weighted by atomic mass is 10.1. The lowest BCUT2D eigenvalue weighted by molar-refractivity contribution is 0.0719. The van der Waals surface area contributed by atoms with Gasteiger partial charge in [0, 0.05) is 16.8 Å². The zero-order valence-corrected chi connectivity index (χ0v) is 16.4. The van der Waals surface area contributed by atoms with Crippen LogP contribution in [0.2, 0.25) is 0 Å². The summed E-state index contributed by atoms with van der Waals surface area (Å²) in [5.41, 5.74) is 4.48. The van der Waals surface area contributed by atoms with Crippen LogP contribution in [0.3, 0.4) is 0 Å². The summed E-state index contributed by atoms with van der Waals surface area (Å²) in [5.74, 6) is -5.49. The first-order valence-electron chi connectivity index (χ1n) is 8.89. The first-order valence-corrected chi connectivity index (χ1v) is 8.89. The number of terminal acetylenes is 2. The summed E-state index contributed by atoms with van der Waals surface area (Å²) >= 11 is 0. The van der Waals surface area contributed by atoms with E-state index in [9.17, 15) is 27.2 Å². The van der Waals surface area contributed by atoms with Crippen molar-refractivity contribution in [1.82, 2.24) is 0 Å². The van der Waals surface area contributed by atoms with E-state index in [-0.39, 0.29) is 16.8 Å². The van der Waals surface area contributed by atoms with E-state index >= 15 is 0 Å². The highest BCUT2D eigenvalue weighted by atomic mass is 19.1. The van der Waals surface area contributed by atoms with E-state index in [1.165, 1.54) is 0 Å². The summed E-state index contributed by atoms with van der Waals surface area (Å²) in [5, 5.41) is 0. The molecule has 3 aromatic rings. The Bertz CT molecular complexity index is 1240. The molecule has 0 spiro atoms. The van der Waals surface area contributed by atoms with Crippen LogP contribution in [0.15, 0.2) is 42.5 Å². The molecule has 0 heterocycles. The van der Waals surface area contributed by atoms with Crippen molar-refractivity contribution in [3.8, 4) is 36.2 Å². The van der Waals surface area contributed by atoms with Crippen molar-refractivity contribution < 1.29 is 36.6 Å². The smallest absolute Gasteiger partial charge is 0.343 e. The van der Waals surface area contributed by atoms with E-state index in [1.54, 1.807) is 0 Å². The molecule has 3 rings (SSSR count). The number of rotatable bonds is 4. The highest BCUT2D eigenvalue weighted by Crippen LogP contribution is 2.26. The fourth-order valence-electron chi connectivity index (χ4n) is 2.67. The van der Waals surface area contributed by atoms with Crippen molar-refractivity contribution in [2.45, 2.75) is 0 Å². The molecular weight excluding hydrogens is 442 g/mol. The monoisotopic (exact) mass is 453 g/mol. The van der Waals surface area contributed by atoms with Crippen LogP contribution in [0.1, 0.15) is 31.8 Å². The van der Waals surface area contributed by atoms with E-state index in [1.807, 2.05) is 11.8 Å². The number of hydrogen-bond donors (Lipinski definition) is 1. The Morgan fingerprint density at radius 3 is 1.30 bits per heavy atom. The largest absolute Gasteiger partial charge is 0.417 e. The second kappa shape index (κ2) is 9.16.